The molecule has 1 saturated heterocycles. The fourth-order valence-corrected chi connectivity index (χ4v) is 4.14. The highest BCUT2D eigenvalue weighted by Crippen LogP contribution is 2.32. The number of nitrogens with zero attached hydrogens (tertiary/aromatic N) is 1. The summed E-state index contributed by atoms with van der Waals surface area (Å²) in [5.74, 6) is 0. The molecule has 3 nitrogen and oxygen atoms in total. The molecule has 0 amide bonds. The van der Waals surface area contributed by atoms with Gasteiger partial charge in [-0.1, -0.05) is 6.92 Å². The minimum atomic E-state index is -0.427. The minimum absolute atomic E-state index is 0.334. The van der Waals surface area contributed by atoms with Gasteiger partial charge in [-0.2, -0.15) is 17.0 Å². The second-order valence-corrected chi connectivity index (χ2v) is 7.48. The monoisotopic (exact) mass is 270 g/mol. The SMILES string of the molecule is CC(C)NC(C)(C#N)CC(C)SC1CCOC1C. The zero-order chi connectivity index (χ0) is 13.8. The molecule has 1 fully saturated rings. The molecule has 18 heavy (non-hydrogen) atoms. The van der Waals surface area contributed by atoms with Gasteiger partial charge in [0.15, 0.2) is 0 Å². The normalized spacial score (nSPS) is 28.9. The second-order valence-electron chi connectivity index (χ2n) is 5.80. The number of rotatable bonds is 6. The maximum Gasteiger partial charge on any atom is 0.105 e. The first-order valence-electron chi connectivity index (χ1n) is 6.82. The summed E-state index contributed by atoms with van der Waals surface area (Å²) in [7, 11) is 0. The van der Waals surface area contributed by atoms with Crippen LogP contribution in [0.4, 0.5) is 0 Å². The molecule has 1 rings (SSSR count). The van der Waals surface area contributed by atoms with Gasteiger partial charge < -0.3 is 4.74 Å². The van der Waals surface area contributed by atoms with Crippen molar-refractivity contribution in [3.63, 3.8) is 0 Å². The van der Waals surface area contributed by atoms with Crippen LogP contribution >= 0.6 is 11.8 Å². The van der Waals surface area contributed by atoms with Crippen molar-refractivity contribution in [2.24, 2.45) is 0 Å². The Balaban J connectivity index is 2.47. The van der Waals surface area contributed by atoms with E-state index in [9.17, 15) is 5.26 Å². The molecule has 0 saturated carbocycles. The van der Waals surface area contributed by atoms with E-state index in [-0.39, 0.29) is 0 Å². The summed E-state index contributed by atoms with van der Waals surface area (Å²) in [5, 5.41) is 13.8. The molecule has 0 aromatic rings. The van der Waals surface area contributed by atoms with Crippen molar-refractivity contribution in [1.29, 1.82) is 5.26 Å². The van der Waals surface area contributed by atoms with E-state index in [0.717, 1.165) is 19.4 Å². The Morgan fingerprint density at radius 1 is 1.50 bits per heavy atom. The van der Waals surface area contributed by atoms with Crippen LogP contribution in [-0.2, 0) is 4.74 Å². The summed E-state index contributed by atoms with van der Waals surface area (Å²) < 4.78 is 5.59. The molecule has 0 aromatic heterocycles. The van der Waals surface area contributed by atoms with E-state index >= 15 is 0 Å². The number of hydrogen-bond acceptors (Lipinski definition) is 4. The lowest BCUT2D eigenvalue weighted by Gasteiger charge is -2.30. The van der Waals surface area contributed by atoms with Gasteiger partial charge in [0.2, 0.25) is 0 Å². The molecule has 4 unspecified atom stereocenters. The molecule has 4 heteroatoms. The van der Waals surface area contributed by atoms with Crippen LogP contribution in [0.1, 0.15) is 47.5 Å². The Kier molecular flexibility index (Phi) is 5.97. The molecule has 0 spiro atoms. The van der Waals surface area contributed by atoms with E-state index in [1.807, 2.05) is 18.7 Å². The van der Waals surface area contributed by atoms with Crippen LogP contribution in [-0.4, -0.2) is 34.8 Å². The summed E-state index contributed by atoms with van der Waals surface area (Å²) in [6.07, 6.45) is 2.36. The predicted molar refractivity (Wildman–Crippen MR) is 77.8 cm³/mol. The third-order valence-electron chi connectivity index (χ3n) is 3.26. The Morgan fingerprint density at radius 3 is 2.61 bits per heavy atom. The molecule has 1 aliphatic heterocycles. The lowest BCUT2D eigenvalue weighted by atomic mass is 9.97. The Labute approximate surface area is 116 Å². The van der Waals surface area contributed by atoms with Gasteiger partial charge in [-0.05, 0) is 40.5 Å². The standard InChI is InChI=1S/C14H26N2OS/c1-10(2)16-14(5,9-15)8-11(3)18-13-6-7-17-12(13)4/h10-13,16H,6-8H2,1-5H3. The summed E-state index contributed by atoms with van der Waals surface area (Å²) in [5.41, 5.74) is -0.427. The topological polar surface area (TPSA) is 45.0 Å². The lowest BCUT2D eigenvalue weighted by molar-refractivity contribution is 0.127. The minimum Gasteiger partial charge on any atom is -0.377 e. The summed E-state index contributed by atoms with van der Waals surface area (Å²) in [6, 6.07) is 2.75. The Morgan fingerprint density at radius 2 is 2.17 bits per heavy atom. The molecule has 1 aliphatic rings. The highest BCUT2D eigenvalue weighted by molar-refractivity contribution is 8.00. The molecule has 1 N–H and O–H groups in total. The van der Waals surface area contributed by atoms with Gasteiger partial charge in [-0.3, -0.25) is 5.32 Å². The second kappa shape index (κ2) is 6.79. The molecule has 0 bridgehead atoms. The number of nitrogens with one attached hydrogen (secondary N) is 1. The number of ether oxygens (including phenoxy) is 1. The highest BCUT2D eigenvalue weighted by atomic mass is 32.2. The van der Waals surface area contributed by atoms with Crippen molar-refractivity contribution in [2.45, 2.75) is 75.6 Å². The van der Waals surface area contributed by atoms with Crippen LogP contribution in [0.5, 0.6) is 0 Å². The van der Waals surface area contributed by atoms with Gasteiger partial charge in [0.1, 0.15) is 5.54 Å². The van der Waals surface area contributed by atoms with Gasteiger partial charge >= 0.3 is 0 Å². The highest BCUT2D eigenvalue weighted by Gasteiger charge is 2.31. The predicted octanol–water partition coefficient (Wildman–Crippen LogP) is 2.96. The fourth-order valence-electron chi connectivity index (χ4n) is 2.59. The third-order valence-corrected chi connectivity index (χ3v) is 4.86. The van der Waals surface area contributed by atoms with Crippen LogP contribution in [0.2, 0.25) is 0 Å². The fraction of sp³-hybridized carbons (Fsp3) is 0.929. The van der Waals surface area contributed by atoms with E-state index in [1.165, 1.54) is 0 Å². The molecule has 0 radical (unpaired) electrons. The average molecular weight is 270 g/mol. The van der Waals surface area contributed by atoms with Crippen LogP contribution < -0.4 is 5.32 Å². The van der Waals surface area contributed by atoms with Crippen molar-refractivity contribution >= 4 is 11.8 Å². The van der Waals surface area contributed by atoms with Crippen LogP contribution in [0, 0.1) is 11.3 Å². The largest absolute Gasteiger partial charge is 0.377 e. The number of hydrogen-bond donors (Lipinski definition) is 1. The van der Waals surface area contributed by atoms with Gasteiger partial charge in [0, 0.05) is 23.1 Å². The van der Waals surface area contributed by atoms with Crippen LogP contribution in [0.3, 0.4) is 0 Å². The van der Waals surface area contributed by atoms with Crippen molar-refractivity contribution in [2.75, 3.05) is 6.61 Å². The maximum absolute atomic E-state index is 9.35. The quantitative estimate of drug-likeness (QED) is 0.806. The Hall–Kier alpha value is -0.240. The number of nitriles is 1. The van der Waals surface area contributed by atoms with Crippen molar-refractivity contribution in [3.05, 3.63) is 0 Å². The third kappa shape index (κ3) is 4.79. The molecule has 0 aliphatic carbocycles. The van der Waals surface area contributed by atoms with E-state index in [1.54, 1.807) is 0 Å². The molecular formula is C14H26N2OS. The van der Waals surface area contributed by atoms with Gasteiger partial charge in [0.25, 0.3) is 0 Å². The maximum atomic E-state index is 9.35. The summed E-state index contributed by atoms with van der Waals surface area (Å²) in [4.78, 5) is 0. The van der Waals surface area contributed by atoms with E-state index < -0.39 is 5.54 Å². The number of thioether (sulfide) groups is 1. The van der Waals surface area contributed by atoms with E-state index in [2.05, 4.69) is 39.1 Å². The lowest BCUT2D eigenvalue weighted by Crippen LogP contribution is -2.46. The van der Waals surface area contributed by atoms with E-state index in [4.69, 9.17) is 4.74 Å². The summed E-state index contributed by atoms with van der Waals surface area (Å²) in [6.45, 7) is 11.4. The zero-order valence-electron chi connectivity index (χ0n) is 12.2. The van der Waals surface area contributed by atoms with Crippen LogP contribution in [0.15, 0.2) is 0 Å². The Bertz CT molecular complexity index is 303. The summed E-state index contributed by atoms with van der Waals surface area (Å²) >= 11 is 1.97. The first-order valence-corrected chi connectivity index (χ1v) is 7.76. The average Bonchev–Trinajstić information content (AvgIpc) is 2.63. The molecule has 4 atom stereocenters. The molecule has 0 aromatic carbocycles. The van der Waals surface area contributed by atoms with Gasteiger partial charge in [-0.15, -0.1) is 0 Å². The van der Waals surface area contributed by atoms with Gasteiger partial charge in [-0.25, -0.2) is 0 Å². The first kappa shape index (κ1) is 15.8. The molecular weight excluding hydrogens is 244 g/mol. The van der Waals surface area contributed by atoms with Crippen molar-refractivity contribution in [3.8, 4) is 6.07 Å². The van der Waals surface area contributed by atoms with Crippen molar-refractivity contribution < 1.29 is 4.74 Å². The zero-order valence-corrected chi connectivity index (χ0v) is 13.0. The molecule has 104 valence electrons. The first-order chi connectivity index (χ1) is 8.36. The smallest absolute Gasteiger partial charge is 0.105 e. The molecule has 1 heterocycles. The van der Waals surface area contributed by atoms with Gasteiger partial charge in [0.05, 0.1) is 12.2 Å². The van der Waals surface area contributed by atoms with Crippen molar-refractivity contribution in [1.82, 2.24) is 5.32 Å². The van der Waals surface area contributed by atoms with E-state index in [0.29, 0.717) is 22.6 Å². The van der Waals surface area contributed by atoms with Crippen LogP contribution in [0.25, 0.3) is 0 Å².